The number of nitrogens with one attached hydrogen (secondary N) is 2. The normalized spacial score (nSPS) is 13.5. The fourth-order valence-corrected chi connectivity index (χ4v) is 4.07. The number of rotatable bonds is 10. The van der Waals surface area contributed by atoms with Gasteiger partial charge in [-0.1, -0.05) is 48.5 Å². The number of esters is 1. The fourth-order valence-electron chi connectivity index (χ4n) is 4.07. The van der Waals surface area contributed by atoms with Gasteiger partial charge in [0.1, 0.15) is 12.2 Å². The summed E-state index contributed by atoms with van der Waals surface area (Å²) in [7, 11) is 0. The smallest absolute Gasteiger partial charge is 0.407 e. The van der Waals surface area contributed by atoms with E-state index in [2.05, 4.69) is 22.8 Å². The molecule has 0 heterocycles. The molecule has 0 saturated carbocycles. The Morgan fingerprint density at radius 1 is 1.00 bits per heavy atom. The molecule has 8 nitrogen and oxygen atoms in total. The number of carbonyl (C=O) groups is 3. The maximum absolute atomic E-state index is 12.6. The van der Waals surface area contributed by atoms with Gasteiger partial charge in [-0.15, -0.1) is 0 Å². The summed E-state index contributed by atoms with van der Waals surface area (Å²) in [4.78, 5) is 35.5. The molecule has 0 bridgehead atoms. The van der Waals surface area contributed by atoms with Gasteiger partial charge in [-0.2, -0.15) is 0 Å². The van der Waals surface area contributed by atoms with Crippen LogP contribution >= 0.6 is 0 Å². The van der Waals surface area contributed by atoms with E-state index in [0.29, 0.717) is 0 Å². The van der Waals surface area contributed by atoms with E-state index in [0.717, 1.165) is 22.3 Å². The lowest BCUT2D eigenvalue weighted by Crippen LogP contribution is -2.44. The molecule has 182 valence electrons. The number of amides is 1. The summed E-state index contributed by atoms with van der Waals surface area (Å²) in [5.74, 6) is -1.46. The maximum atomic E-state index is 12.6. The van der Waals surface area contributed by atoms with Crippen molar-refractivity contribution in [2.75, 3.05) is 19.7 Å². The summed E-state index contributed by atoms with van der Waals surface area (Å²) in [6.45, 7) is 5.44. The molecule has 1 amide bonds. The third-order valence-corrected chi connectivity index (χ3v) is 5.45. The molecule has 0 aliphatic heterocycles. The van der Waals surface area contributed by atoms with E-state index < -0.39 is 23.7 Å². The number of hydrogen-bond donors (Lipinski definition) is 3. The Kier molecular flexibility index (Phi) is 8.28. The van der Waals surface area contributed by atoms with E-state index in [9.17, 15) is 14.4 Å². The van der Waals surface area contributed by atoms with Crippen molar-refractivity contribution in [1.29, 1.82) is 0 Å². The van der Waals surface area contributed by atoms with E-state index in [1.807, 2.05) is 36.4 Å². The highest BCUT2D eigenvalue weighted by Gasteiger charge is 2.29. The minimum atomic E-state index is -1.01. The van der Waals surface area contributed by atoms with Crippen molar-refractivity contribution in [2.24, 2.45) is 0 Å². The topological polar surface area (TPSA) is 114 Å². The summed E-state index contributed by atoms with van der Waals surface area (Å²) in [6, 6.07) is 15.6. The van der Waals surface area contributed by atoms with Crippen LogP contribution in [0.1, 0.15) is 50.7 Å². The van der Waals surface area contributed by atoms with Gasteiger partial charge in [0.25, 0.3) is 0 Å². The molecule has 1 aliphatic rings. The second-order valence-electron chi connectivity index (χ2n) is 9.32. The molecule has 3 N–H and O–H groups in total. The van der Waals surface area contributed by atoms with Crippen molar-refractivity contribution in [3.05, 3.63) is 59.7 Å². The second-order valence-corrected chi connectivity index (χ2v) is 9.32. The Hall–Kier alpha value is -3.39. The first-order valence-electron chi connectivity index (χ1n) is 11.4. The Morgan fingerprint density at radius 2 is 1.59 bits per heavy atom. The third kappa shape index (κ3) is 7.05. The lowest BCUT2D eigenvalue weighted by atomic mass is 9.98. The minimum Gasteiger partial charge on any atom is -0.480 e. The van der Waals surface area contributed by atoms with Gasteiger partial charge < -0.3 is 25.2 Å². The first-order valence-corrected chi connectivity index (χ1v) is 11.4. The summed E-state index contributed by atoms with van der Waals surface area (Å²) < 4.78 is 10.9. The van der Waals surface area contributed by atoms with Crippen molar-refractivity contribution in [3.8, 4) is 11.1 Å². The molecule has 1 aliphatic carbocycles. The van der Waals surface area contributed by atoms with Crippen molar-refractivity contribution >= 4 is 18.0 Å². The van der Waals surface area contributed by atoms with Crippen molar-refractivity contribution in [1.82, 2.24) is 10.6 Å². The molecule has 0 unspecified atom stereocenters. The Morgan fingerprint density at radius 3 is 2.15 bits per heavy atom. The van der Waals surface area contributed by atoms with Gasteiger partial charge in [-0.25, -0.2) is 4.79 Å². The molecule has 0 fully saturated rings. The molecule has 0 spiro atoms. The molecule has 34 heavy (non-hydrogen) atoms. The number of carbonyl (C=O) groups excluding carboxylic acids is 2. The van der Waals surface area contributed by atoms with Crippen molar-refractivity contribution in [2.45, 2.75) is 51.2 Å². The number of aliphatic carboxylic acids is 1. The van der Waals surface area contributed by atoms with E-state index in [1.54, 1.807) is 20.8 Å². The minimum absolute atomic E-state index is 0.0662. The number of carboxylic acids is 1. The van der Waals surface area contributed by atoms with Crippen molar-refractivity contribution < 1.29 is 29.0 Å². The van der Waals surface area contributed by atoms with E-state index in [1.165, 1.54) is 0 Å². The first-order chi connectivity index (χ1) is 16.1. The number of ether oxygens (including phenoxy) is 2. The summed E-state index contributed by atoms with van der Waals surface area (Å²) in [5.41, 5.74) is 3.90. The number of fused-ring (bicyclic) bond motifs is 3. The van der Waals surface area contributed by atoms with E-state index >= 15 is 0 Å². The summed E-state index contributed by atoms with van der Waals surface area (Å²) >= 11 is 0. The number of carboxylic acid groups (broad SMARTS) is 1. The molecule has 3 rings (SSSR count). The molecule has 0 aromatic heterocycles. The van der Waals surface area contributed by atoms with Crippen LogP contribution in [0.4, 0.5) is 4.79 Å². The van der Waals surface area contributed by atoms with Crippen LogP contribution in [0.2, 0.25) is 0 Å². The van der Waals surface area contributed by atoms with Crippen LogP contribution in [0.3, 0.4) is 0 Å². The molecule has 2 aromatic carbocycles. The van der Waals surface area contributed by atoms with Gasteiger partial charge in [0, 0.05) is 24.9 Å². The van der Waals surface area contributed by atoms with Gasteiger partial charge in [-0.3, -0.25) is 9.59 Å². The van der Waals surface area contributed by atoms with Crippen LogP contribution in [-0.2, 0) is 19.1 Å². The molecule has 0 saturated heterocycles. The lowest BCUT2D eigenvalue weighted by molar-refractivity contribution is -0.155. The largest absolute Gasteiger partial charge is 0.480 e. The SMILES string of the molecule is CC(C)(C)OC(=O)CC[C@@H](CNCC(=O)O)NC(=O)OCC1c2ccccc2-c2ccccc21. The molecule has 2 aromatic rings. The molecule has 1 atom stereocenters. The standard InChI is InChI=1S/C26H32N2O6/c1-26(2,3)34-24(31)13-12-17(14-27-15-23(29)30)28-25(32)33-16-22-20-10-6-4-8-18(20)19-9-5-7-11-21(19)22/h4-11,17,22,27H,12-16H2,1-3H3,(H,28,32)(H,29,30)/t17-/m0/s1. The zero-order valence-corrected chi connectivity index (χ0v) is 19.8. The van der Waals surface area contributed by atoms with Gasteiger partial charge >= 0.3 is 18.0 Å². The summed E-state index contributed by atoms with van der Waals surface area (Å²) in [6.07, 6.45) is -0.250. The highest BCUT2D eigenvalue weighted by atomic mass is 16.6. The quantitative estimate of drug-likeness (QED) is 0.456. The fraction of sp³-hybridized carbons (Fsp3) is 0.423. The highest BCUT2D eigenvalue weighted by molar-refractivity contribution is 5.79. The van der Waals surface area contributed by atoms with Gasteiger partial charge in [-0.05, 0) is 49.4 Å². The Balaban J connectivity index is 1.59. The first kappa shape index (κ1) is 25.2. The predicted molar refractivity (Wildman–Crippen MR) is 128 cm³/mol. The van der Waals surface area contributed by atoms with Crippen LogP contribution in [0.5, 0.6) is 0 Å². The molecular weight excluding hydrogens is 436 g/mol. The monoisotopic (exact) mass is 468 g/mol. The van der Waals surface area contributed by atoms with Gasteiger partial charge in [0.2, 0.25) is 0 Å². The number of alkyl carbamates (subject to hydrolysis) is 1. The van der Waals surface area contributed by atoms with Crippen LogP contribution in [-0.4, -0.2) is 54.5 Å². The van der Waals surface area contributed by atoms with Gasteiger partial charge in [0.05, 0.1) is 6.54 Å². The highest BCUT2D eigenvalue weighted by Crippen LogP contribution is 2.44. The summed E-state index contributed by atoms with van der Waals surface area (Å²) in [5, 5.41) is 14.4. The zero-order chi connectivity index (χ0) is 24.7. The van der Waals surface area contributed by atoms with Gasteiger partial charge in [0.15, 0.2) is 0 Å². The van der Waals surface area contributed by atoms with Crippen LogP contribution in [0, 0.1) is 0 Å². The number of benzene rings is 2. The maximum Gasteiger partial charge on any atom is 0.407 e. The van der Waals surface area contributed by atoms with E-state index in [-0.39, 0.29) is 44.4 Å². The lowest BCUT2D eigenvalue weighted by Gasteiger charge is -2.22. The van der Waals surface area contributed by atoms with E-state index in [4.69, 9.17) is 14.6 Å². The predicted octanol–water partition coefficient (Wildman–Crippen LogP) is 3.69. The molecular formula is C26H32N2O6. The second kappa shape index (κ2) is 11.2. The van der Waals surface area contributed by atoms with Crippen molar-refractivity contribution in [3.63, 3.8) is 0 Å². The Labute approximate surface area is 199 Å². The van der Waals surface area contributed by atoms with Crippen LogP contribution < -0.4 is 10.6 Å². The molecule has 0 radical (unpaired) electrons. The average molecular weight is 469 g/mol. The zero-order valence-electron chi connectivity index (χ0n) is 19.8. The van der Waals surface area contributed by atoms with Crippen LogP contribution in [0.15, 0.2) is 48.5 Å². The average Bonchev–Trinajstić information content (AvgIpc) is 3.08. The third-order valence-electron chi connectivity index (χ3n) is 5.45. The molecule has 8 heteroatoms. The number of hydrogen-bond acceptors (Lipinski definition) is 6. The Bertz CT molecular complexity index is 984. The van der Waals surface area contributed by atoms with Crippen LogP contribution in [0.25, 0.3) is 11.1 Å².